The molecule has 1 N–H and O–H groups in total. The van der Waals surface area contributed by atoms with Crippen LogP contribution in [0.25, 0.3) is 0 Å². The van der Waals surface area contributed by atoms with Crippen LogP contribution < -0.4 is 5.32 Å². The Morgan fingerprint density at radius 3 is 2.43 bits per heavy atom. The van der Waals surface area contributed by atoms with Gasteiger partial charge in [0.05, 0.1) is 7.11 Å². The number of carbonyl (C=O) groups is 4. The van der Waals surface area contributed by atoms with E-state index in [1.54, 1.807) is 38.1 Å². The van der Waals surface area contributed by atoms with Crippen LogP contribution >= 0.6 is 15.9 Å². The van der Waals surface area contributed by atoms with Crippen LogP contribution in [0.1, 0.15) is 43.5 Å². The average molecular weight is 483 g/mol. The number of carbonyl (C=O) groups excluding carboxylic acids is 4. The van der Waals surface area contributed by atoms with Crippen LogP contribution in [0.15, 0.2) is 28.7 Å². The molecule has 2 amide bonds. The number of esters is 1. The van der Waals surface area contributed by atoms with E-state index in [0.717, 1.165) is 17.3 Å². The fourth-order valence-corrected chi connectivity index (χ4v) is 3.53. The minimum Gasteiger partial charge on any atom is -0.456 e. The van der Waals surface area contributed by atoms with E-state index >= 15 is 0 Å². The number of likely N-dealkylation sites (tertiary alicyclic amines) is 1. The van der Waals surface area contributed by atoms with Crippen molar-refractivity contribution in [1.82, 2.24) is 10.2 Å². The number of benzene rings is 1. The van der Waals surface area contributed by atoms with E-state index in [1.807, 2.05) is 0 Å². The molecule has 30 heavy (non-hydrogen) atoms. The summed E-state index contributed by atoms with van der Waals surface area (Å²) < 4.78 is 10.7. The number of hydrogen-bond donors (Lipinski definition) is 1. The third kappa shape index (κ3) is 6.29. The van der Waals surface area contributed by atoms with E-state index in [9.17, 15) is 19.2 Å². The van der Waals surface area contributed by atoms with Gasteiger partial charge in [-0.1, -0.05) is 41.9 Å². The Bertz CT molecular complexity index is 780. The monoisotopic (exact) mass is 482 g/mol. The molecule has 164 valence electrons. The van der Waals surface area contributed by atoms with Gasteiger partial charge in [-0.15, -0.1) is 0 Å². The van der Waals surface area contributed by atoms with Crippen molar-refractivity contribution >= 4 is 39.7 Å². The van der Waals surface area contributed by atoms with E-state index < -0.39 is 30.8 Å². The number of piperidine rings is 1. The summed E-state index contributed by atoms with van der Waals surface area (Å²) >= 11 is 3.30. The summed E-state index contributed by atoms with van der Waals surface area (Å²) in [5, 5.41) is 2.54. The molecule has 1 aromatic carbocycles. The Morgan fingerprint density at radius 1 is 1.17 bits per heavy atom. The molecule has 1 aromatic rings. The van der Waals surface area contributed by atoms with Gasteiger partial charge in [0.25, 0.3) is 0 Å². The van der Waals surface area contributed by atoms with Crippen molar-refractivity contribution in [2.75, 3.05) is 20.3 Å². The van der Waals surface area contributed by atoms with Crippen molar-refractivity contribution in [3.8, 4) is 0 Å². The first-order valence-electron chi connectivity index (χ1n) is 9.85. The zero-order valence-electron chi connectivity index (χ0n) is 17.4. The zero-order valence-corrected chi connectivity index (χ0v) is 18.9. The van der Waals surface area contributed by atoms with Crippen molar-refractivity contribution in [2.45, 2.75) is 45.2 Å². The summed E-state index contributed by atoms with van der Waals surface area (Å²) in [7, 11) is 1.22. The van der Waals surface area contributed by atoms with Gasteiger partial charge < -0.3 is 19.7 Å². The number of methoxy groups -OCH3 is 1. The van der Waals surface area contributed by atoms with Gasteiger partial charge in [0, 0.05) is 16.6 Å². The molecule has 2 rings (SSSR count). The number of alkyl carbamates (subject to hydrolysis) is 1. The highest BCUT2D eigenvalue weighted by Crippen LogP contribution is 2.21. The Morgan fingerprint density at radius 2 is 1.83 bits per heavy atom. The van der Waals surface area contributed by atoms with Crippen molar-refractivity contribution in [1.29, 1.82) is 0 Å². The molecule has 0 saturated carbocycles. The lowest BCUT2D eigenvalue weighted by molar-refractivity contribution is -0.157. The summed E-state index contributed by atoms with van der Waals surface area (Å²) in [5.74, 6) is -1.50. The van der Waals surface area contributed by atoms with E-state index in [1.165, 1.54) is 12.0 Å². The summed E-state index contributed by atoms with van der Waals surface area (Å²) in [5.41, 5.74) is 0.435. The molecule has 9 heteroatoms. The first-order chi connectivity index (χ1) is 14.2. The molecule has 1 fully saturated rings. The van der Waals surface area contributed by atoms with Gasteiger partial charge in [0.2, 0.25) is 5.91 Å². The summed E-state index contributed by atoms with van der Waals surface area (Å²) in [4.78, 5) is 51.1. The van der Waals surface area contributed by atoms with Crippen molar-refractivity contribution in [3.63, 3.8) is 0 Å². The van der Waals surface area contributed by atoms with Gasteiger partial charge in [0.1, 0.15) is 12.1 Å². The molecule has 2 atom stereocenters. The Labute approximate surface area is 184 Å². The van der Waals surface area contributed by atoms with Gasteiger partial charge in [-0.3, -0.25) is 9.59 Å². The molecule has 1 saturated heterocycles. The van der Waals surface area contributed by atoms with Crippen LogP contribution in [0.2, 0.25) is 0 Å². The molecule has 0 aliphatic carbocycles. The van der Waals surface area contributed by atoms with Crippen LogP contribution in [0.5, 0.6) is 0 Å². The minimum absolute atomic E-state index is 0.200. The predicted molar refractivity (Wildman–Crippen MR) is 113 cm³/mol. The highest BCUT2D eigenvalue weighted by molar-refractivity contribution is 9.10. The van der Waals surface area contributed by atoms with Gasteiger partial charge in [-0.25, -0.2) is 9.59 Å². The molecule has 0 unspecified atom stereocenters. The Kier molecular flexibility index (Phi) is 8.83. The fraction of sp³-hybridized carbons (Fsp3) is 0.524. The lowest BCUT2D eigenvalue weighted by Crippen LogP contribution is -2.57. The third-order valence-electron chi connectivity index (χ3n) is 4.96. The molecular formula is C21H27BrN2O6. The number of Topliss-reactive ketones (excluding diaryl/α,β-unsaturated/α-hetero) is 1. The highest BCUT2D eigenvalue weighted by atomic mass is 79.9. The summed E-state index contributed by atoms with van der Waals surface area (Å²) in [6.45, 7) is 3.58. The quantitative estimate of drug-likeness (QED) is 0.473. The second-order valence-corrected chi connectivity index (χ2v) is 8.35. The molecule has 1 aliphatic heterocycles. The normalized spacial score (nSPS) is 17.2. The van der Waals surface area contributed by atoms with Gasteiger partial charge >= 0.3 is 12.1 Å². The predicted octanol–water partition coefficient (Wildman–Crippen LogP) is 2.94. The van der Waals surface area contributed by atoms with E-state index in [0.29, 0.717) is 18.5 Å². The third-order valence-corrected chi connectivity index (χ3v) is 5.49. The van der Waals surface area contributed by atoms with Crippen LogP contribution in [-0.4, -0.2) is 61.0 Å². The lowest BCUT2D eigenvalue weighted by atomic mass is 9.97. The molecule has 0 radical (unpaired) electrons. The van der Waals surface area contributed by atoms with Gasteiger partial charge in [-0.05, 0) is 37.3 Å². The second kappa shape index (κ2) is 11.1. The first-order valence-corrected chi connectivity index (χ1v) is 10.6. The molecule has 8 nitrogen and oxygen atoms in total. The number of nitrogens with one attached hydrogen (secondary N) is 1. The van der Waals surface area contributed by atoms with Crippen LogP contribution in [0, 0.1) is 5.92 Å². The van der Waals surface area contributed by atoms with Crippen molar-refractivity contribution in [2.24, 2.45) is 5.92 Å². The van der Waals surface area contributed by atoms with E-state index in [4.69, 9.17) is 4.74 Å². The topological polar surface area (TPSA) is 102 Å². The number of nitrogens with zero attached hydrogens (tertiary/aromatic N) is 1. The van der Waals surface area contributed by atoms with Crippen LogP contribution in [0.4, 0.5) is 4.79 Å². The van der Waals surface area contributed by atoms with Crippen LogP contribution in [-0.2, 0) is 19.1 Å². The molecule has 1 heterocycles. The maximum atomic E-state index is 13.1. The lowest BCUT2D eigenvalue weighted by Gasteiger charge is -2.37. The van der Waals surface area contributed by atoms with E-state index in [2.05, 4.69) is 26.0 Å². The van der Waals surface area contributed by atoms with Gasteiger partial charge in [-0.2, -0.15) is 0 Å². The van der Waals surface area contributed by atoms with Crippen LogP contribution in [0.3, 0.4) is 0 Å². The number of halogens is 1. The molecule has 0 spiro atoms. The van der Waals surface area contributed by atoms with E-state index in [-0.39, 0.29) is 17.6 Å². The number of ketones is 1. The SMILES string of the molecule is COC(=O)N[C@H](C(=O)N1CCCC[C@H]1C(=O)OCC(=O)c1ccc(Br)cc1)C(C)C. The molecule has 0 aromatic heterocycles. The Hall–Kier alpha value is -2.42. The molecule has 0 bridgehead atoms. The smallest absolute Gasteiger partial charge is 0.407 e. The highest BCUT2D eigenvalue weighted by Gasteiger charge is 2.38. The molecule has 1 aliphatic rings. The maximum absolute atomic E-state index is 13.1. The number of hydrogen-bond acceptors (Lipinski definition) is 6. The summed E-state index contributed by atoms with van der Waals surface area (Å²) in [6.07, 6.45) is 1.25. The fourth-order valence-electron chi connectivity index (χ4n) is 3.27. The minimum atomic E-state index is -0.824. The zero-order chi connectivity index (χ0) is 22.3. The van der Waals surface area contributed by atoms with Crippen molar-refractivity contribution in [3.05, 3.63) is 34.3 Å². The van der Waals surface area contributed by atoms with Crippen molar-refractivity contribution < 1.29 is 28.7 Å². The number of amides is 2. The number of ether oxygens (including phenoxy) is 2. The Balaban J connectivity index is 2.05. The number of rotatable bonds is 7. The van der Waals surface area contributed by atoms with Gasteiger partial charge in [0.15, 0.2) is 12.4 Å². The first kappa shape index (κ1) is 23.9. The summed E-state index contributed by atoms with van der Waals surface area (Å²) in [6, 6.07) is 5.14. The largest absolute Gasteiger partial charge is 0.456 e. The standard InChI is InChI=1S/C21H27BrN2O6/c1-13(2)18(23-21(28)29-3)19(26)24-11-5-4-6-16(24)20(27)30-12-17(25)14-7-9-15(22)10-8-14/h7-10,13,16,18H,4-6,11-12H2,1-3H3,(H,23,28)/t16-,18-/m0/s1. The maximum Gasteiger partial charge on any atom is 0.407 e. The average Bonchev–Trinajstić information content (AvgIpc) is 2.75. The molecular weight excluding hydrogens is 456 g/mol. The second-order valence-electron chi connectivity index (χ2n) is 7.44.